The van der Waals surface area contributed by atoms with Gasteiger partial charge in [-0.2, -0.15) is 0 Å². The largest absolute Gasteiger partial charge is 0.388 e. The minimum atomic E-state index is -0.795. The highest BCUT2D eigenvalue weighted by Crippen LogP contribution is 2.30. The maximum atomic E-state index is 13.1. The zero-order chi connectivity index (χ0) is 22.6. The minimum Gasteiger partial charge on any atom is -0.388 e. The molecule has 0 saturated heterocycles. The molecular formula is C27H32N2O3. The first-order chi connectivity index (χ1) is 15.7. The number of carbonyl (C=O) groups excluding carboxylic acids is 1. The fourth-order valence-electron chi connectivity index (χ4n) is 3.83. The van der Waals surface area contributed by atoms with E-state index in [1.54, 1.807) is 0 Å². The molecule has 3 N–H and O–H groups in total. The summed E-state index contributed by atoms with van der Waals surface area (Å²) < 4.78 is 0. The molecule has 0 aliphatic rings. The van der Waals surface area contributed by atoms with E-state index in [1.165, 1.54) is 0 Å². The first-order valence-corrected chi connectivity index (χ1v) is 11.1. The summed E-state index contributed by atoms with van der Waals surface area (Å²) in [5.74, 6) is -0.795. The molecule has 0 heterocycles. The molecule has 0 bridgehead atoms. The lowest BCUT2D eigenvalue weighted by Crippen LogP contribution is -2.41. The maximum absolute atomic E-state index is 13.1. The Labute approximate surface area is 190 Å². The molecule has 0 saturated carbocycles. The number of nitrogens with one attached hydrogen (secondary N) is 2. The van der Waals surface area contributed by atoms with Crippen molar-refractivity contribution in [2.75, 3.05) is 6.54 Å². The number of benzene rings is 3. The fraction of sp³-hybridized carbons (Fsp3) is 0.296. The lowest BCUT2D eigenvalue weighted by molar-refractivity contribution is -0.129. The van der Waals surface area contributed by atoms with Crippen molar-refractivity contribution in [3.63, 3.8) is 0 Å². The lowest BCUT2D eigenvalue weighted by atomic mass is 9.82. The Morgan fingerprint density at radius 1 is 0.875 bits per heavy atom. The van der Waals surface area contributed by atoms with Crippen LogP contribution in [0.3, 0.4) is 0 Å². The fourth-order valence-corrected chi connectivity index (χ4v) is 3.83. The van der Waals surface area contributed by atoms with Crippen molar-refractivity contribution in [1.29, 1.82) is 0 Å². The van der Waals surface area contributed by atoms with Crippen LogP contribution in [0.2, 0.25) is 0 Å². The lowest BCUT2D eigenvalue weighted by Gasteiger charge is -2.30. The van der Waals surface area contributed by atoms with Crippen LogP contribution in [0.1, 0.15) is 36.1 Å². The van der Waals surface area contributed by atoms with Crippen LogP contribution in [-0.2, 0) is 22.8 Å². The van der Waals surface area contributed by atoms with Crippen molar-refractivity contribution in [3.8, 4) is 0 Å². The predicted octanol–water partition coefficient (Wildman–Crippen LogP) is 4.40. The summed E-state index contributed by atoms with van der Waals surface area (Å²) in [4.78, 5) is 18.7. The third-order valence-electron chi connectivity index (χ3n) is 5.65. The highest BCUT2D eigenvalue weighted by atomic mass is 16.6. The summed E-state index contributed by atoms with van der Waals surface area (Å²) in [6.45, 7) is 3.19. The molecule has 0 aliphatic heterocycles. The molecule has 0 spiro atoms. The van der Waals surface area contributed by atoms with E-state index in [4.69, 9.17) is 4.84 Å². The second kappa shape index (κ2) is 12.8. The van der Waals surface area contributed by atoms with Crippen molar-refractivity contribution in [2.24, 2.45) is 11.8 Å². The molecule has 3 aromatic carbocycles. The number of aliphatic hydroxyl groups is 1. The van der Waals surface area contributed by atoms with E-state index in [-0.39, 0.29) is 17.7 Å². The van der Waals surface area contributed by atoms with E-state index in [9.17, 15) is 9.90 Å². The number of carbonyl (C=O) groups is 1. The van der Waals surface area contributed by atoms with Gasteiger partial charge in [0.25, 0.3) is 0 Å². The van der Waals surface area contributed by atoms with Gasteiger partial charge in [-0.05, 0) is 23.1 Å². The van der Waals surface area contributed by atoms with Crippen LogP contribution in [0.15, 0.2) is 91.0 Å². The summed E-state index contributed by atoms with van der Waals surface area (Å²) >= 11 is 0. The van der Waals surface area contributed by atoms with Crippen molar-refractivity contribution in [1.82, 2.24) is 10.8 Å². The number of hydrogen-bond acceptors (Lipinski definition) is 4. The number of aliphatic hydroxyl groups excluding tert-OH is 1. The molecule has 0 aliphatic carbocycles. The smallest absolute Gasteiger partial charge is 0.223 e. The molecule has 32 heavy (non-hydrogen) atoms. The number of rotatable bonds is 12. The third kappa shape index (κ3) is 7.02. The standard InChI is InChI=1S/C27H32N2O3/c1-2-24(27(31)28-18-21-12-6-3-7-13-21)25(26(30)23-16-10-5-11-17-23)19-29-32-20-22-14-8-4-9-15-22/h3-17,24-26,29-30H,2,18-20H2,1H3,(H,28,31)/t24-,25-,26+/m0/s1. The van der Waals surface area contributed by atoms with E-state index in [2.05, 4.69) is 10.8 Å². The monoisotopic (exact) mass is 432 g/mol. The third-order valence-corrected chi connectivity index (χ3v) is 5.65. The average Bonchev–Trinajstić information content (AvgIpc) is 2.86. The Hall–Kier alpha value is -2.99. The van der Waals surface area contributed by atoms with Gasteiger partial charge in [-0.25, -0.2) is 5.48 Å². The summed E-state index contributed by atoms with van der Waals surface area (Å²) in [7, 11) is 0. The molecule has 5 nitrogen and oxygen atoms in total. The molecule has 0 aromatic heterocycles. The van der Waals surface area contributed by atoms with Crippen LogP contribution in [0.4, 0.5) is 0 Å². The van der Waals surface area contributed by atoms with Crippen molar-refractivity contribution < 1.29 is 14.7 Å². The van der Waals surface area contributed by atoms with Gasteiger partial charge in [0.2, 0.25) is 5.91 Å². The normalized spacial score (nSPS) is 13.8. The molecule has 5 heteroatoms. The quantitative estimate of drug-likeness (QED) is 0.293. The highest BCUT2D eigenvalue weighted by molar-refractivity contribution is 5.79. The van der Waals surface area contributed by atoms with Gasteiger partial charge in [-0.1, -0.05) is 97.9 Å². The number of hydroxylamine groups is 1. The molecule has 0 unspecified atom stereocenters. The van der Waals surface area contributed by atoms with Crippen LogP contribution in [0.5, 0.6) is 0 Å². The Morgan fingerprint density at radius 2 is 1.44 bits per heavy atom. The minimum absolute atomic E-state index is 0.0683. The Kier molecular flexibility index (Phi) is 9.44. The Morgan fingerprint density at radius 3 is 2.03 bits per heavy atom. The molecule has 3 aromatic rings. The van der Waals surface area contributed by atoms with Gasteiger partial charge >= 0.3 is 0 Å². The number of hydrogen-bond donors (Lipinski definition) is 3. The van der Waals surface area contributed by atoms with E-state index in [0.717, 1.165) is 16.7 Å². The van der Waals surface area contributed by atoms with E-state index in [0.29, 0.717) is 26.1 Å². The van der Waals surface area contributed by atoms with Gasteiger partial charge < -0.3 is 10.4 Å². The number of amides is 1. The summed E-state index contributed by atoms with van der Waals surface area (Å²) in [5.41, 5.74) is 5.87. The van der Waals surface area contributed by atoms with Crippen LogP contribution >= 0.6 is 0 Å². The van der Waals surface area contributed by atoms with Crippen LogP contribution < -0.4 is 10.8 Å². The molecule has 1 amide bonds. The van der Waals surface area contributed by atoms with Crippen LogP contribution in [-0.4, -0.2) is 17.6 Å². The van der Waals surface area contributed by atoms with Gasteiger partial charge in [0.15, 0.2) is 0 Å². The second-order valence-corrected chi connectivity index (χ2v) is 7.86. The first-order valence-electron chi connectivity index (χ1n) is 11.1. The van der Waals surface area contributed by atoms with E-state index in [1.807, 2.05) is 97.9 Å². The zero-order valence-corrected chi connectivity index (χ0v) is 18.5. The Bertz CT molecular complexity index is 919. The van der Waals surface area contributed by atoms with Gasteiger partial charge in [0, 0.05) is 24.9 Å². The molecule has 0 fully saturated rings. The topological polar surface area (TPSA) is 70.6 Å². The maximum Gasteiger partial charge on any atom is 0.223 e. The van der Waals surface area contributed by atoms with Gasteiger partial charge in [0.1, 0.15) is 0 Å². The van der Waals surface area contributed by atoms with Crippen molar-refractivity contribution in [2.45, 2.75) is 32.6 Å². The highest BCUT2D eigenvalue weighted by Gasteiger charge is 2.33. The van der Waals surface area contributed by atoms with Crippen LogP contribution in [0.25, 0.3) is 0 Å². The second-order valence-electron chi connectivity index (χ2n) is 7.86. The molecule has 3 rings (SSSR count). The molecular weight excluding hydrogens is 400 g/mol. The summed E-state index contributed by atoms with van der Waals surface area (Å²) in [6.07, 6.45) is -0.188. The SMILES string of the molecule is CC[C@H](C(=O)NCc1ccccc1)[C@H](CNOCc1ccccc1)[C@H](O)c1ccccc1. The Balaban J connectivity index is 1.66. The summed E-state index contributed by atoms with van der Waals surface area (Å²) in [6, 6.07) is 29.2. The summed E-state index contributed by atoms with van der Waals surface area (Å²) in [5, 5.41) is 14.2. The molecule has 0 radical (unpaired) electrons. The van der Waals surface area contributed by atoms with Gasteiger partial charge in [-0.15, -0.1) is 0 Å². The van der Waals surface area contributed by atoms with E-state index < -0.39 is 6.10 Å². The van der Waals surface area contributed by atoms with E-state index >= 15 is 0 Å². The van der Waals surface area contributed by atoms with Gasteiger partial charge in [-0.3, -0.25) is 9.63 Å². The predicted molar refractivity (Wildman–Crippen MR) is 126 cm³/mol. The molecule has 3 atom stereocenters. The average molecular weight is 433 g/mol. The zero-order valence-electron chi connectivity index (χ0n) is 18.5. The molecule has 168 valence electrons. The van der Waals surface area contributed by atoms with Crippen molar-refractivity contribution in [3.05, 3.63) is 108 Å². The van der Waals surface area contributed by atoms with Crippen LogP contribution in [0, 0.1) is 11.8 Å². The van der Waals surface area contributed by atoms with Crippen molar-refractivity contribution >= 4 is 5.91 Å². The first kappa shape index (κ1) is 23.7. The van der Waals surface area contributed by atoms with Gasteiger partial charge in [0.05, 0.1) is 12.7 Å².